The number of carbonyl (C=O) groups excluding carboxylic acids is 1. The number of fused-ring (bicyclic) bond motifs is 1. The summed E-state index contributed by atoms with van der Waals surface area (Å²) in [6, 6.07) is 0. The van der Waals surface area contributed by atoms with Gasteiger partial charge in [-0.15, -0.1) is 0 Å². The van der Waals surface area contributed by atoms with E-state index in [1.807, 2.05) is 13.8 Å². The molecule has 1 N–H and O–H groups in total. The van der Waals surface area contributed by atoms with Gasteiger partial charge < -0.3 is 19.6 Å². The van der Waals surface area contributed by atoms with Crippen LogP contribution < -0.4 is 15.8 Å². The van der Waals surface area contributed by atoms with Crippen LogP contribution in [0.25, 0.3) is 0 Å². The van der Waals surface area contributed by atoms with Gasteiger partial charge in [-0.1, -0.05) is 12.5 Å². The molecule has 0 radical (unpaired) electrons. The largest absolute Gasteiger partial charge is 0.496 e. The van der Waals surface area contributed by atoms with Crippen LogP contribution in [0, 0.1) is 11.3 Å². The third-order valence-electron chi connectivity index (χ3n) is 8.72. The third-order valence-corrected chi connectivity index (χ3v) is 8.72. The molecule has 1 aromatic rings. The highest BCUT2D eigenvalue weighted by molar-refractivity contribution is 5.90. The SMILES string of the molecule is CCc1c(N2CCC3(CCN(C[C@H](O)C4C(=O)CC5=COCC5=C4C)CC3)CC2)c(=O)c1=O. The number of hydrogen-bond acceptors (Lipinski definition) is 7. The first-order valence-electron chi connectivity index (χ1n) is 12.3. The standard InChI is InChI=1S/C26H34N2O5/c1-3-18-23(25(32)24(18)31)28-10-6-26(7-11-28)4-8-27(9-5-26)13-21(30)22-16(2)19-15-33-14-17(19)12-20(22)29/h14,21-22,30H,3-13,15H2,1-2H3/t21-,22?/m0/s1. The van der Waals surface area contributed by atoms with Gasteiger partial charge in [-0.3, -0.25) is 14.4 Å². The fraction of sp³-hybridized carbons (Fsp3) is 0.654. The molecule has 7 nitrogen and oxygen atoms in total. The van der Waals surface area contributed by atoms with Crippen molar-refractivity contribution in [1.29, 1.82) is 0 Å². The van der Waals surface area contributed by atoms with E-state index in [1.54, 1.807) is 6.26 Å². The van der Waals surface area contributed by atoms with Gasteiger partial charge in [0, 0.05) is 37.2 Å². The lowest BCUT2D eigenvalue weighted by Gasteiger charge is -2.48. The van der Waals surface area contributed by atoms with Crippen molar-refractivity contribution in [3.63, 3.8) is 0 Å². The Kier molecular flexibility index (Phi) is 5.81. The number of aliphatic hydroxyl groups is 1. The average molecular weight is 455 g/mol. The lowest BCUT2D eigenvalue weighted by molar-refractivity contribution is -0.125. The lowest BCUT2D eigenvalue weighted by atomic mass is 9.71. The van der Waals surface area contributed by atoms with Crippen molar-refractivity contribution in [1.82, 2.24) is 4.90 Å². The average Bonchev–Trinajstić information content (AvgIpc) is 3.28. The summed E-state index contributed by atoms with van der Waals surface area (Å²) in [5, 5.41) is 11.0. The van der Waals surface area contributed by atoms with Gasteiger partial charge in [0.25, 0.3) is 0 Å². The van der Waals surface area contributed by atoms with E-state index in [2.05, 4.69) is 9.80 Å². The summed E-state index contributed by atoms with van der Waals surface area (Å²) in [5.74, 6) is -0.340. The molecule has 4 aliphatic rings. The van der Waals surface area contributed by atoms with Gasteiger partial charge in [0.2, 0.25) is 10.9 Å². The second-order valence-electron chi connectivity index (χ2n) is 10.4. The maximum atomic E-state index is 12.7. The van der Waals surface area contributed by atoms with Crippen LogP contribution in [0.3, 0.4) is 0 Å². The molecule has 1 aliphatic carbocycles. The molecule has 0 bridgehead atoms. The highest BCUT2D eigenvalue weighted by atomic mass is 16.5. The zero-order valence-electron chi connectivity index (χ0n) is 19.7. The number of ether oxygens (including phenoxy) is 1. The molecule has 0 aromatic heterocycles. The van der Waals surface area contributed by atoms with Gasteiger partial charge in [0.05, 0.1) is 24.0 Å². The molecule has 1 spiro atoms. The van der Waals surface area contributed by atoms with Crippen molar-refractivity contribution in [2.75, 3.05) is 44.2 Å². The quantitative estimate of drug-likeness (QED) is 0.678. The van der Waals surface area contributed by atoms with Crippen LogP contribution >= 0.6 is 0 Å². The first-order chi connectivity index (χ1) is 15.8. The Bertz CT molecular complexity index is 1070. The third kappa shape index (κ3) is 3.79. The summed E-state index contributed by atoms with van der Waals surface area (Å²) in [6.45, 7) is 8.44. The van der Waals surface area contributed by atoms with E-state index < -0.39 is 12.0 Å². The molecular weight excluding hydrogens is 420 g/mol. The van der Waals surface area contributed by atoms with Crippen molar-refractivity contribution in [2.45, 2.75) is 58.5 Å². The predicted molar refractivity (Wildman–Crippen MR) is 126 cm³/mol. The summed E-state index contributed by atoms with van der Waals surface area (Å²) >= 11 is 0. The van der Waals surface area contributed by atoms with Crippen LogP contribution in [0.1, 0.15) is 51.5 Å². The maximum Gasteiger partial charge on any atom is 0.249 e. The zero-order valence-corrected chi connectivity index (χ0v) is 19.7. The first-order valence-corrected chi connectivity index (χ1v) is 12.3. The van der Waals surface area contributed by atoms with Gasteiger partial charge in [-0.25, -0.2) is 0 Å². The molecule has 178 valence electrons. The number of Topliss-reactive ketones (excluding diaryl/α,β-unsaturated/α-hetero) is 1. The van der Waals surface area contributed by atoms with Gasteiger partial charge in [-0.05, 0) is 63.1 Å². The minimum absolute atomic E-state index is 0.0890. The van der Waals surface area contributed by atoms with Crippen LogP contribution in [-0.4, -0.2) is 61.2 Å². The van der Waals surface area contributed by atoms with E-state index in [0.29, 0.717) is 37.2 Å². The molecule has 1 aromatic carbocycles. The molecule has 1 unspecified atom stereocenters. The Morgan fingerprint density at radius 1 is 1.09 bits per heavy atom. The summed E-state index contributed by atoms with van der Waals surface area (Å²) in [7, 11) is 0. The predicted octanol–water partition coefficient (Wildman–Crippen LogP) is 1.71. The molecular formula is C26H34N2O5. The number of likely N-dealkylation sites (tertiary alicyclic amines) is 1. The molecule has 3 heterocycles. The highest BCUT2D eigenvalue weighted by Crippen LogP contribution is 2.43. The van der Waals surface area contributed by atoms with Crippen LogP contribution in [0.4, 0.5) is 5.69 Å². The van der Waals surface area contributed by atoms with Gasteiger partial charge >= 0.3 is 0 Å². The minimum atomic E-state index is -0.690. The number of rotatable bonds is 5. The topological polar surface area (TPSA) is 87.2 Å². The number of β-amino-alcohol motifs (C(OH)–C–C–N with tert-alkyl or cyclic N) is 1. The Morgan fingerprint density at radius 2 is 1.76 bits per heavy atom. The van der Waals surface area contributed by atoms with Crippen molar-refractivity contribution in [3.05, 3.63) is 49.0 Å². The van der Waals surface area contributed by atoms with Crippen molar-refractivity contribution in [2.24, 2.45) is 11.3 Å². The smallest absolute Gasteiger partial charge is 0.249 e. The minimum Gasteiger partial charge on any atom is -0.496 e. The molecule has 0 amide bonds. The van der Waals surface area contributed by atoms with E-state index in [0.717, 1.165) is 68.6 Å². The molecule has 2 fully saturated rings. The number of hydrogen-bond donors (Lipinski definition) is 1. The van der Waals surface area contributed by atoms with E-state index in [4.69, 9.17) is 4.74 Å². The number of nitrogens with zero attached hydrogens (tertiary/aromatic N) is 2. The van der Waals surface area contributed by atoms with E-state index in [1.165, 1.54) is 0 Å². The normalized spacial score (nSPS) is 26.5. The molecule has 2 atom stereocenters. The van der Waals surface area contributed by atoms with E-state index in [9.17, 15) is 19.5 Å². The van der Waals surface area contributed by atoms with Gasteiger partial charge in [-0.2, -0.15) is 0 Å². The molecule has 3 aliphatic heterocycles. The Labute approximate surface area is 194 Å². The number of anilines is 1. The number of aliphatic hydroxyl groups excluding tert-OH is 1. The van der Waals surface area contributed by atoms with E-state index >= 15 is 0 Å². The second-order valence-corrected chi connectivity index (χ2v) is 10.4. The lowest BCUT2D eigenvalue weighted by Crippen LogP contribution is -2.52. The Morgan fingerprint density at radius 3 is 2.42 bits per heavy atom. The summed E-state index contributed by atoms with van der Waals surface area (Å²) in [6.07, 6.45) is 6.19. The molecule has 2 saturated heterocycles. The molecule has 5 rings (SSSR count). The van der Waals surface area contributed by atoms with Crippen LogP contribution in [0.15, 0.2) is 32.6 Å². The zero-order chi connectivity index (χ0) is 23.3. The van der Waals surface area contributed by atoms with E-state index in [-0.39, 0.29) is 22.1 Å². The first kappa shape index (κ1) is 22.5. The van der Waals surface area contributed by atoms with Crippen LogP contribution in [0.5, 0.6) is 0 Å². The molecule has 7 heteroatoms. The van der Waals surface area contributed by atoms with Crippen LogP contribution in [-0.2, 0) is 16.0 Å². The highest BCUT2D eigenvalue weighted by Gasteiger charge is 2.41. The number of piperidine rings is 2. The van der Waals surface area contributed by atoms with Crippen molar-refractivity contribution < 1.29 is 14.6 Å². The van der Waals surface area contributed by atoms with Gasteiger partial charge in [0.15, 0.2) is 0 Å². The Hall–Kier alpha value is -2.25. The number of ketones is 1. The van der Waals surface area contributed by atoms with Crippen molar-refractivity contribution >= 4 is 11.5 Å². The number of carbonyl (C=O) groups is 1. The summed E-state index contributed by atoms with van der Waals surface area (Å²) < 4.78 is 5.40. The Balaban J connectivity index is 1.16. The van der Waals surface area contributed by atoms with Crippen LogP contribution in [0.2, 0.25) is 0 Å². The van der Waals surface area contributed by atoms with Gasteiger partial charge in [0.1, 0.15) is 12.4 Å². The van der Waals surface area contributed by atoms with Crippen molar-refractivity contribution in [3.8, 4) is 0 Å². The summed E-state index contributed by atoms with van der Waals surface area (Å²) in [4.78, 5) is 41.0. The fourth-order valence-corrected chi connectivity index (χ4v) is 6.51. The second kappa shape index (κ2) is 8.51. The molecule has 33 heavy (non-hydrogen) atoms. The maximum absolute atomic E-state index is 12.7. The fourth-order valence-electron chi connectivity index (χ4n) is 6.51. The summed E-state index contributed by atoms with van der Waals surface area (Å²) in [5.41, 5.74) is 4.09. The molecule has 0 saturated carbocycles. The monoisotopic (exact) mass is 454 g/mol.